The van der Waals surface area contributed by atoms with E-state index in [-0.39, 0.29) is 5.91 Å². The molecule has 164 valence electrons. The lowest BCUT2D eigenvalue weighted by molar-refractivity contribution is -0.137. The molecule has 0 aliphatic carbocycles. The number of nitrogens with one attached hydrogen (secondary N) is 1. The zero-order chi connectivity index (χ0) is 22.7. The van der Waals surface area contributed by atoms with E-state index in [9.17, 15) is 18.0 Å². The second-order valence-electron chi connectivity index (χ2n) is 6.61. The number of amides is 1. The maximum absolute atomic E-state index is 12.7. The quantitative estimate of drug-likeness (QED) is 0.392. The first-order valence-corrected chi connectivity index (χ1v) is 11.1. The Morgan fingerprint density at radius 1 is 1.19 bits per heavy atom. The van der Waals surface area contributed by atoms with Crippen molar-refractivity contribution in [2.24, 2.45) is 0 Å². The van der Waals surface area contributed by atoms with Crippen LogP contribution in [0.5, 0.6) is 0 Å². The first-order valence-electron chi connectivity index (χ1n) is 9.21. The summed E-state index contributed by atoms with van der Waals surface area (Å²) in [5.41, 5.74) is 2.01. The Balaban J connectivity index is 1.46. The van der Waals surface area contributed by atoms with E-state index in [0.29, 0.717) is 32.9 Å². The summed E-state index contributed by atoms with van der Waals surface area (Å²) in [5.74, 6) is 0.295. The van der Waals surface area contributed by atoms with E-state index in [1.54, 1.807) is 22.9 Å². The smallest absolute Gasteiger partial charge is 0.326 e. The largest absolute Gasteiger partial charge is 0.416 e. The Morgan fingerprint density at radius 3 is 2.69 bits per heavy atom. The number of carbonyl (C=O) groups excluding carboxylic acids is 1. The van der Waals surface area contributed by atoms with Gasteiger partial charge in [0.2, 0.25) is 11.1 Å². The van der Waals surface area contributed by atoms with Crippen LogP contribution in [-0.2, 0) is 16.7 Å². The SMILES string of the molecule is CC(=O)Nc1cccc(-n2nnnc2SCc2csc(-c3ccc(C(F)(F)F)cc3)n2)c1. The van der Waals surface area contributed by atoms with Crippen LogP contribution in [-0.4, -0.2) is 31.1 Å². The van der Waals surface area contributed by atoms with E-state index in [0.717, 1.165) is 17.8 Å². The van der Waals surface area contributed by atoms with Crippen LogP contribution in [0.4, 0.5) is 18.9 Å². The molecule has 0 fully saturated rings. The molecular weight excluding hydrogens is 461 g/mol. The van der Waals surface area contributed by atoms with Gasteiger partial charge in [0, 0.05) is 29.3 Å². The molecule has 4 aromatic rings. The summed E-state index contributed by atoms with van der Waals surface area (Å²) >= 11 is 2.73. The van der Waals surface area contributed by atoms with Crippen molar-refractivity contribution in [1.29, 1.82) is 0 Å². The molecule has 1 amide bonds. The summed E-state index contributed by atoms with van der Waals surface area (Å²) in [6, 6.07) is 12.1. The highest BCUT2D eigenvalue weighted by Crippen LogP contribution is 2.32. The van der Waals surface area contributed by atoms with Gasteiger partial charge >= 0.3 is 6.18 Å². The predicted molar refractivity (Wildman–Crippen MR) is 116 cm³/mol. The molecule has 2 aromatic carbocycles. The van der Waals surface area contributed by atoms with Gasteiger partial charge in [-0.1, -0.05) is 30.0 Å². The zero-order valence-electron chi connectivity index (χ0n) is 16.5. The minimum atomic E-state index is -4.37. The van der Waals surface area contributed by atoms with Gasteiger partial charge in [0.25, 0.3) is 0 Å². The zero-order valence-corrected chi connectivity index (χ0v) is 18.1. The Morgan fingerprint density at radius 2 is 1.97 bits per heavy atom. The standard InChI is InChI=1S/C20H15F3N6OS2/c1-12(30)24-15-3-2-4-17(9-15)29-19(26-27-28-29)32-11-16-10-31-18(25-16)13-5-7-14(8-6-13)20(21,22)23/h2-10H,11H2,1H3,(H,24,30). The topological polar surface area (TPSA) is 85.6 Å². The lowest BCUT2D eigenvalue weighted by Gasteiger charge is -2.07. The first kappa shape index (κ1) is 22.0. The Bertz CT molecular complexity index is 1240. The number of tetrazole rings is 1. The summed E-state index contributed by atoms with van der Waals surface area (Å²) in [7, 11) is 0. The molecule has 4 rings (SSSR count). The molecule has 0 radical (unpaired) electrons. The van der Waals surface area contributed by atoms with Crippen molar-refractivity contribution in [3.05, 3.63) is 65.2 Å². The van der Waals surface area contributed by atoms with Crippen LogP contribution in [0.1, 0.15) is 18.2 Å². The number of hydrogen-bond donors (Lipinski definition) is 1. The second kappa shape index (κ2) is 9.09. The Kier molecular flexibility index (Phi) is 6.24. The summed E-state index contributed by atoms with van der Waals surface area (Å²) < 4.78 is 39.8. The number of aromatic nitrogens is 5. The molecule has 12 heteroatoms. The number of halogens is 3. The Labute approximate surface area is 188 Å². The van der Waals surface area contributed by atoms with Gasteiger partial charge in [-0.25, -0.2) is 4.98 Å². The molecule has 0 saturated carbocycles. The van der Waals surface area contributed by atoms with E-state index in [4.69, 9.17) is 0 Å². The fourth-order valence-corrected chi connectivity index (χ4v) is 4.51. The maximum Gasteiger partial charge on any atom is 0.416 e. The number of hydrogen-bond acceptors (Lipinski definition) is 7. The fraction of sp³-hybridized carbons (Fsp3) is 0.150. The maximum atomic E-state index is 12.7. The number of benzene rings is 2. The Hall–Kier alpha value is -3.25. The minimum absolute atomic E-state index is 0.180. The van der Waals surface area contributed by atoms with E-state index in [2.05, 4.69) is 25.8 Å². The van der Waals surface area contributed by atoms with Crippen molar-refractivity contribution in [1.82, 2.24) is 25.2 Å². The molecule has 0 saturated heterocycles. The number of thiazole rings is 1. The number of anilines is 1. The second-order valence-corrected chi connectivity index (χ2v) is 8.41. The lowest BCUT2D eigenvalue weighted by atomic mass is 10.1. The van der Waals surface area contributed by atoms with Crippen LogP contribution in [0, 0.1) is 0 Å². The normalized spacial score (nSPS) is 11.5. The van der Waals surface area contributed by atoms with Gasteiger partial charge in [-0.2, -0.15) is 17.9 Å². The highest BCUT2D eigenvalue weighted by atomic mass is 32.2. The van der Waals surface area contributed by atoms with Crippen LogP contribution >= 0.6 is 23.1 Å². The van der Waals surface area contributed by atoms with Crippen molar-refractivity contribution in [3.63, 3.8) is 0 Å². The van der Waals surface area contributed by atoms with Crippen molar-refractivity contribution < 1.29 is 18.0 Å². The minimum Gasteiger partial charge on any atom is -0.326 e. The molecule has 2 heterocycles. The molecule has 0 atom stereocenters. The van der Waals surface area contributed by atoms with E-state index in [1.807, 2.05) is 11.4 Å². The van der Waals surface area contributed by atoms with Gasteiger partial charge < -0.3 is 5.32 Å². The van der Waals surface area contributed by atoms with Crippen LogP contribution in [0.2, 0.25) is 0 Å². The van der Waals surface area contributed by atoms with Crippen LogP contribution < -0.4 is 5.32 Å². The summed E-state index contributed by atoms with van der Waals surface area (Å²) in [4.78, 5) is 15.8. The third-order valence-corrected chi connectivity index (χ3v) is 6.11. The summed E-state index contributed by atoms with van der Waals surface area (Å²) in [6.45, 7) is 1.43. The molecular formula is C20H15F3N6OS2. The van der Waals surface area contributed by atoms with Crippen LogP contribution in [0.15, 0.2) is 59.1 Å². The van der Waals surface area contributed by atoms with Crippen molar-refractivity contribution in [3.8, 4) is 16.3 Å². The molecule has 2 aromatic heterocycles. The molecule has 32 heavy (non-hydrogen) atoms. The molecule has 1 N–H and O–H groups in total. The summed E-state index contributed by atoms with van der Waals surface area (Å²) in [6.07, 6.45) is -4.37. The fourth-order valence-electron chi connectivity index (χ4n) is 2.80. The number of alkyl halides is 3. The number of thioether (sulfide) groups is 1. The molecule has 0 spiro atoms. The van der Waals surface area contributed by atoms with Crippen LogP contribution in [0.25, 0.3) is 16.3 Å². The molecule has 7 nitrogen and oxygen atoms in total. The van der Waals surface area contributed by atoms with Crippen molar-refractivity contribution >= 4 is 34.7 Å². The summed E-state index contributed by atoms with van der Waals surface area (Å²) in [5, 5.41) is 17.5. The number of carbonyl (C=O) groups is 1. The molecule has 0 bridgehead atoms. The monoisotopic (exact) mass is 476 g/mol. The van der Waals surface area contributed by atoms with E-state index < -0.39 is 11.7 Å². The molecule has 0 aliphatic rings. The molecule has 0 aliphatic heterocycles. The van der Waals surface area contributed by atoms with Gasteiger partial charge in [-0.3, -0.25) is 4.79 Å². The third-order valence-electron chi connectivity index (χ3n) is 4.21. The van der Waals surface area contributed by atoms with Crippen molar-refractivity contribution in [2.45, 2.75) is 24.0 Å². The lowest BCUT2D eigenvalue weighted by Crippen LogP contribution is -2.07. The number of nitrogens with zero attached hydrogens (tertiary/aromatic N) is 5. The predicted octanol–water partition coefficient (Wildman–Crippen LogP) is 5.06. The highest BCUT2D eigenvalue weighted by Gasteiger charge is 2.30. The van der Waals surface area contributed by atoms with Gasteiger partial charge in [0.1, 0.15) is 5.01 Å². The van der Waals surface area contributed by atoms with Crippen LogP contribution in [0.3, 0.4) is 0 Å². The van der Waals surface area contributed by atoms with Gasteiger partial charge in [0.15, 0.2) is 0 Å². The average molecular weight is 477 g/mol. The first-order chi connectivity index (χ1) is 15.3. The average Bonchev–Trinajstić information content (AvgIpc) is 3.41. The number of rotatable bonds is 6. The van der Waals surface area contributed by atoms with Gasteiger partial charge in [0.05, 0.1) is 16.9 Å². The highest BCUT2D eigenvalue weighted by molar-refractivity contribution is 7.98. The van der Waals surface area contributed by atoms with E-state index >= 15 is 0 Å². The molecule has 0 unspecified atom stereocenters. The van der Waals surface area contributed by atoms with Crippen molar-refractivity contribution in [2.75, 3.05) is 5.32 Å². The van der Waals surface area contributed by atoms with Gasteiger partial charge in [-0.15, -0.1) is 16.4 Å². The third kappa shape index (κ3) is 5.14. The van der Waals surface area contributed by atoms with E-state index in [1.165, 1.54) is 42.2 Å². The van der Waals surface area contributed by atoms with Gasteiger partial charge in [-0.05, 0) is 40.8 Å².